The molecule has 6 nitrogen and oxygen atoms in total. The molecule has 2 fully saturated rings. The molecule has 3 heterocycles. The summed E-state index contributed by atoms with van der Waals surface area (Å²) >= 11 is 6.23. The highest BCUT2D eigenvalue weighted by Gasteiger charge is 2.62. The van der Waals surface area contributed by atoms with Crippen molar-refractivity contribution in [3.63, 3.8) is 0 Å². The molecule has 0 aromatic carbocycles. The smallest absolute Gasteiger partial charge is 0.312 e. The fraction of sp³-hybridized carbons (Fsp3) is 0.400. The number of hydrogen-bond acceptors (Lipinski definition) is 4. The van der Waals surface area contributed by atoms with Gasteiger partial charge in [-0.3, -0.25) is 19.4 Å². The number of aliphatic carboxylic acids is 1. The Kier molecular flexibility index (Phi) is 3.59. The second-order valence-electron chi connectivity index (χ2n) is 7.96. The highest BCUT2D eigenvalue weighted by molar-refractivity contribution is 6.40. The fourth-order valence-corrected chi connectivity index (χ4v) is 5.33. The zero-order valence-electron chi connectivity index (χ0n) is 14.7. The van der Waals surface area contributed by atoms with Gasteiger partial charge in [0.2, 0.25) is 5.91 Å². The van der Waals surface area contributed by atoms with Crippen LogP contribution in [-0.2, 0) is 14.4 Å². The standard InChI is InChI=1S/C20H16ClFN2O4/c21-13-7-23-6-11-16(10-3-9(25)4-14(22)17(10)13)12(19(27)28)8-24-15(26)5-20(1-2-20)18(11)24/h3-4,7,12,18H,1-2,5-6,8H2,(H,27,28). The zero-order chi connectivity index (χ0) is 19.8. The largest absolute Gasteiger partial charge is 0.481 e. The van der Waals surface area contributed by atoms with Crippen LogP contribution in [0.1, 0.15) is 19.3 Å². The Labute approximate surface area is 164 Å². The van der Waals surface area contributed by atoms with Crippen molar-refractivity contribution in [1.29, 1.82) is 0 Å². The monoisotopic (exact) mass is 402 g/mol. The third-order valence-electron chi connectivity index (χ3n) is 6.37. The van der Waals surface area contributed by atoms with E-state index in [0.717, 1.165) is 18.9 Å². The summed E-state index contributed by atoms with van der Waals surface area (Å²) in [6.45, 7) is 0.167. The third-order valence-corrected chi connectivity index (χ3v) is 6.66. The number of hydrogen-bond donors (Lipinski definition) is 1. The van der Waals surface area contributed by atoms with Crippen molar-refractivity contribution in [3.05, 3.63) is 45.3 Å². The predicted molar refractivity (Wildman–Crippen MR) is 98.5 cm³/mol. The number of allylic oxidation sites excluding steroid dienone is 6. The van der Waals surface area contributed by atoms with Crippen LogP contribution in [0.2, 0.25) is 0 Å². The average molecular weight is 403 g/mol. The number of halogens is 2. The molecule has 1 saturated heterocycles. The molecule has 5 aliphatic rings. The molecule has 2 unspecified atom stereocenters. The van der Waals surface area contributed by atoms with Gasteiger partial charge in [0.05, 0.1) is 23.5 Å². The number of carbonyl (C=O) groups is 3. The number of fused-ring (bicyclic) bond motifs is 5. The SMILES string of the molecule is O=C1C=C(F)C2=C(Cl)C=NCC3=C(C2=C1)C(C(=O)O)CN1C(=O)CC2(CC2)C31. The predicted octanol–water partition coefficient (Wildman–Crippen LogP) is 2.32. The van der Waals surface area contributed by atoms with Gasteiger partial charge in [0, 0.05) is 36.2 Å². The van der Waals surface area contributed by atoms with Gasteiger partial charge in [-0.2, -0.15) is 0 Å². The van der Waals surface area contributed by atoms with Crippen molar-refractivity contribution in [3.8, 4) is 0 Å². The molecular weight excluding hydrogens is 387 g/mol. The number of aliphatic imine (C=N–C) groups is 1. The van der Waals surface area contributed by atoms with Crippen molar-refractivity contribution < 1.29 is 23.9 Å². The van der Waals surface area contributed by atoms with Gasteiger partial charge in [-0.1, -0.05) is 11.6 Å². The normalized spacial score (nSPS) is 30.4. The summed E-state index contributed by atoms with van der Waals surface area (Å²) in [6, 6.07) is -0.258. The molecule has 8 heteroatoms. The lowest BCUT2D eigenvalue weighted by Crippen LogP contribution is -2.49. The number of nitrogens with zero attached hydrogens (tertiary/aromatic N) is 2. The molecule has 5 rings (SSSR count). The maximum atomic E-state index is 14.7. The van der Waals surface area contributed by atoms with Crippen molar-refractivity contribution in [1.82, 2.24) is 4.90 Å². The third kappa shape index (κ3) is 2.32. The van der Waals surface area contributed by atoms with Gasteiger partial charge in [0.1, 0.15) is 5.83 Å². The van der Waals surface area contributed by atoms with E-state index in [4.69, 9.17) is 11.6 Å². The van der Waals surface area contributed by atoms with Gasteiger partial charge in [-0.05, 0) is 35.6 Å². The average Bonchev–Trinajstić information content (AvgIpc) is 3.32. The van der Waals surface area contributed by atoms with Gasteiger partial charge in [-0.25, -0.2) is 4.39 Å². The van der Waals surface area contributed by atoms with E-state index in [0.29, 0.717) is 17.6 Å². The van der Waals surface area contributed by atoms with E-state index >= 15 is 0 Å². The van der Waals surface area contributed by atoms with E-state index in [1.165, 1.54) is 12.3 Å². The lowest BCUT2D eigenvalue weighted by atomic mass is 9.74. The fourth-order valence-electron chi connectivity index (χ4n) is 5.07. The minimum Gasteiger partial charge on any atom is -0.481 e. The second kappa shape index (κ2) is 5.73. The van der Waals surface area contributed by atoms with E-state index < -0.39 is 23.5 Å². The molecule has 1 saturated carbocycles. The number of carboxylic acids is 1. The minimum absolute atomic E-state index is 0.00485. The quantitative estimate of drug-likeness (QED) is 0.729. The second-order valence-corrected chi connectivity index (χ2v) is 8.37. The van der Waals surface area contributed by atoms with E-state index in [-0.39, 0.29) is 46.6 Å². The minimum atomic E-state index is -1.13. The van der Waals surface area contributed by atoms with Gasteiger partial charge in [0.25, 0.3) is 0 Å². The molecule has 2 aliphatic carbocycles. The molecule has 0 bridgehead atoms. The zero-order valence-corrected chi connectivity index (χ0v) is 15.5. The molecule has 3 aliphatic heterocycles. The summed E-state index contributed by atoms with van der Waals surface area (Å²) in [4.78, 5) is 42.7. The van der Waals surface area contributed by atoms with E-state index in [2.05, 4.69) is 4.99 Å². The number of ketones is 1. The summed E-state index contributed by atoms with van der Waals surface area (Å²) in [5.74, 6) is -3.61. The van der Waals surface area contributed by atoms with Crippen molar-refractivity contribution in [2.24, 2.45) is 16.3 Å². The molecule has 1 N–H and O–H groups in total. The topological polar surface area (TPSA) is 87.0 Å². The Bertz CT molecular complexity index is 1020. The lowest BCUT2D eigenvalue weighted by molar-refractivity contribution is -0.142. The highest BCUT2D eigenvalue weighted by atomic mass is 35.5. The van der Waals surface area contributed by atoms with Gasteiger partial charge < -0.3 is 10.0 Å². The molecule has 0 aromatic heterocycles. The van der Waals surface area contributed by atoms with Crippen molar-refractivity contribution in [2.45, 2.75) is 25.3 Å². The summed E-state index contributed by atoms with van der Waals surface area (Å²) in [5.41, 5.74) is 1.08. The first kappa shape index (κ1) is 17.6. The first-order chi connectivity index (χ1) is 13.3. The molecule has 2 atom stereocenters. The summed E-state index contributed by atoms with van der Waals surface area (Å²) in [6.07, 6.45) is 5.57. The maximum Gasteiger partial charge on any atom is 0.312 e. The number of carboxylic acid groups (broad SMARTS) is 1. The summed E-state index contributed by atoms with van der Waals surface area (Å²) in [5, 5.41) is 9.92. The number of rotatable bonds is 1. The van der Waals surface area contributed by atoms with Gasteiger partial charge >= 0.3 is 5.97 Å². The van der Waals surface area contributed by atoms with Crippen LogP contribution in [0.5, 0.6) is 0 Å². The van der Waals surface area contributed by atoms with Crippen LogP contribution in [0.15, 0.2) is 50.3 Å². The van der Waals surface area contributed by atoms with Gasteiger partial charge in [0.15, 0.2) is 5.78 Å². The molecule has 144 valence electrons. The Morgan fingerprint density at radius 2 is 2.07 bits per heavy atom. The molecular formula is C20H16ClFN2O4. The maximum absolute atomic E-state index is 14.7. The number of carbonyl (C=O) groups excluding carboxylic acids is 2. The lowest BCUT2D eigenvalue weighted by Gasteiger charge is -2.41. The van der Waals surface area contributed by atoms with E-state index in [9.17, 15) is 23.9 Å². The van der Waals surface area contributed by atoms with E-state index in [1.807, 2.05) is 0 Å². The first-order valence-corrected chi connectivity index (χ1v) is 9.49. The molecule has 0 aromatic rings. The Morgan fingerprint density at radius 3 is 2.75 bits per heavy atom. The van der Waals surface area contributed by atoms with Crippen LogP contribution in [0, 0.1) is 11.3 Å². The highest BCUT2D eigenvalue weighted by Crippen LogP contribution is 2.61. The van der Waals surface area contributed by atoms with Crippen LogP contribution in [-0.4, -0.2) is 53.0 Å². The molecule has 1 amide bonds. The summed E-state index contributed by atoms with van der Waals surface area (Å²) in [7, 11) is 0. The first-order valence-electron chi connectivity index (χ1n) is 9.11. The van der Waals surface area contributed by atoms with Crippen LogP contribution >= 0.6 is 11.6 Å². The number of amides is 1. The van der Waals surface area contributed by atoms with E-state index in [1.54, 1.807) is 4.90 Å². The molecule has 0 radical (unpaired) electrons. The van der Waals surface area contributed by atoms with Crippen LogP contribution in [0.4, 0.5) is 4.39 Å². The Balaban J connectivity index is 1.79. The van der Waals surface area contributed by atoms with Crippen LogP contribution in [0.25, 0.3) is 0 Å². The van der Waals surface area contributed by atoms with Crippen LogP contribution < -0.4 is 0 Å². The van der Waals surface area contributed by atoms with Gasteiger partial charge in [-0.15, -0.1) is 0 Å². The molecule has 1 spiro atoms. The Hall–Kier alpha value is -2.54. The molecule has 28 heavy (non-hydrogen) atoms. The van der Waals surface area contributed by atoms with Crippen molar-refractivity contribution in [2.75, 3.05) is 13.1 Å². The van der Waals surface area contributed by atoms with Crippen molar-refractivity contribution >= 4 is 35.5 Å². The summed E-state index contributed by atoms with van der Waals surface area (Å²) < 4.78 is 14.7. The van der Waals surface area contributed by atoms with Crippen LogP contribution in [0.3, 0.4) is 0 Å². The Morgan fingerprint density at radius 1 is 1.32 bits per heavy atom.